The average molecular weight is 282 g/mol. The third-order valence-corrected chi connectivity index (χ3v) is 2.41. The number of aromatic carboxylic acids is 1. The molecular weight excluding hydrogens is 264 g/mol. The molecule has 0 heterocycles. The number of hydrogen-bond acceptors (Lipinski definition) is 5. The van der Waals surface area contributed by atoms with Gasteiger partial charge >= 0.3 is 11.9 Å². The molecule has 0 aliphatic rings. The van der Waals surface area contributed by atoms with Crippen molar-refractivity contribution in [1.82, 2.24) is 0 Å². The minimum Gasteiger partial charge on any atom is -0.478 e. The molecule has 0 bridgehead atoms. The molecule has 20 heavy (non-hydrogen) atoms. The van der Waals surface area contributed by atoms with E-state index in [0.717, 1.165) is 0 Å². The highest BCUT2D eigenvalue weighted by Crippen LogP contribution is 2.10. The number of benzene rings is 1. The van der Waals surface area contributed by atoms with Gasteiger partial charge in [-0.1, -0.05) is 12.1 Å². The van der Waals surface area contributed by atoms with Crippen molar-refractivity contribution in [1.29, 1.82) is 0 Å². The Morgan fingerprint density at radius 3 is 2.25 bits per heavy atom. The van der Waals surface area contributed by atoms with Crippen LogP contribution in [0.5, 0.6) is 0 Å². The molecule has 1 aromatic carbocycles. The fourth-order valence-electron chi connectivity index (χ4n) is 1.48. The highest BCUT2D eigenvalue weighted by atomic mass is 16.6. The Morgan fingerprint density at radius 1 is 1.00 bits per heavy atom. The molecule has 0 saturated carbocycles. The molecule has 110 valence electrons. The van der Waals surface area contributed by atoms with Crippen LogP contribution in [-0.4, -0.2) is 50.1 Å². The van der Waals surface area contributed by atoms with E-state index in [2.05, 4.69) is 0 Å². The SMILES string of the molecule is CCOCCOCCOC(=O)c1ccccc1C(=O)O. The molecule has 0 spiro atoms. The zero-order chi connectivity index (χ0) is 14.8. The van der Waals surface area contributed by atoms with Crippen molar-refractivity contribution < 1.29 is 28.9 Å². The lowest BCUT2D eigenvalue weighted by Crippen LogP contribution is -2.15. The highest BCUT2D eigenvalue weighted by Gasteiger charge is 2.16. The Kier molecular flexibility index (Phi) is 7.31. The molecule has 0 fully saturated rings. The fourth-order valence-corrected chi connectivity index (χ4v) is 1.48. The molecule has 1 rings (SSSR count). The summed E-state index contributed by atoms with van der Waals surface area (Å²) < 4.78 is 15.2. The maximum absolute atomic E-state index is 11.7. The second-order valence-corrected chi connectivity index (χ2v) is 3.80. The molecule has 0 aliphatic heterocycles. The summed E-state index contributed by atoms with van der Waals surface area (Å²) in [5.74, 6) is -1.83. The van der Waals surface area contributed by atoms with Crippen LogP contribution in [0.1, 0.15) is 27.6 Å². The van der Waals surface area contributed by atoms with Crippen molar-refractivity contribution in [2.24, 2.45) is 0 Å². The van der Waals surface area contributed by atoms with Crippen LogP contribution in [0.4, 0.5) is 0 Å². The Bertz CT molecular complexity index is 443. The summed E-state index contributed by atoms with van der Waals surface area (Å²) in [5.41, 5.74) is -0.0379. The molecule has 0 radical (unpaired) electrons. The number of carboxylic acid groups (broad SMARTS) is 1. The van der Waals surface area contributed by atoms with E-state index in [9.17, 15) is 9.59 Å². The first kappa shape index (κ1) is 16.1. The second kappa shape index (κ2) is 9.06. The van der Waals surface area contributed by atoms with Crippen LogP contribution in [0, 0.1) is 0 Å². The van der Waals surface area contributed by atoms with E-state index in [1.807, 2.05) is 6.92 Å². The van der Waals surface area contributed by atoms with Gasteiger partial charge in [0.25, 0.3) is 0 Å². The third-order valence-electron chi connectivity index (χ3n) is 2.41. The Labute approximate surface area is 117 Å². The molecular formula is C14H18O6. The second-order valence-electron chi connectivity index (χ2n) is 3.80. The molecule has 0 aromatic heterocycles. The highest BCUT2D eigenvalue weighted by molar-refractivity contribution is 6.02. The molecule has 0 aliphatic carbocycles. The Morgan fingerprint density at radius 2 is 1.60 bits per heavy atom. The Balaban J connectivity index is 2.35. The number of esters is 1. The first-order chi connectivity index (χ1) is 9.66. The van der Waals surface area contributed by atoms with Gasteiger partial charge in [-0.05, 0) is 19.1 Å². The van der Waals surface area contributed by atoms with Crippen LogP contribution in [0.3, 0.4) is 0 Å². The van der Waals surface area contributed by atoms with Gasteiger partial charge in [-0.15, -0.1) is 0 Å². The van der Waals surface area contributed by atoms with Gasteiger partial charge in [0.2, 0.25) is 0 Å². The molecule has 0 amide bonds. The number of hydrogen-bond donors (Lipinski definition) is 1. The van der Waals surface area contributed by atoms with Gasteiger partial charge in [0.05, 0.1) is 30.9 Å². The number of carbonyl (C=O) groups excluding carboxylic acids is 1. The van der Waals surface area contributed by atoms with E-state index >= 15 is 0 Å². The zero-order valence-electron chi connectivity index (χ0n) is 11.3. The monoisotopic (exact) mass is 282 g/mol. The molecule has 6 nitrogen and oxygen atoms in total. The number of carbonyl (C=O) groups is 2. The predicted octanol–water partition coefficient (Wildman–Crippen LogP) is 1.59. The van der Waals surface area contributed by atoms with Crippen molar-refractivity contribution in [3.8, 4) is 0 Å². The summed E-state index contributed by atoms with van der Waals surface area (Å²) in [6, 6.07) is 5.91. The molecule has 0 unspecified atom stereocenters. The topological polar surface area (TPSA) is 82.1 Å². The molecule has 1 aromatic rings. The minimum atomic E-state index is -1.16. The van der Waals surface area contributed by atoms with E-state index < -0.39 is 11.9 Å². The van der Waals surface area contributed by atoms with E-state index in [0.29, 0.717) is 19.8 Å². The smallest absolute Gasteiger partial charge is 0.339 e. The van der Waals surface area contributed by atoms with Crippen molar-refractivity contribution in [3.63, 3.8) is 0 Å². The molecule has 6 heteroatoms. The largest absolute Gasteiger partial charge is 0.478 e. The summed E-state index contributed by atoms with van der Waals surface area (Å²) in [6.07, 6.45) is 0. The van der Waals surface area contributed by atoms with Gasteiger partial charge in [-0.3, -0.25) is 0 Å². The van der Waals surface area contributed by atoms with Crippen molar-refractivity contribution in [2.45, 2.75) is 6.92 Å². The lowest BCUT2D eigenvalue weighted by atomic mass is 10.1. The Hall–Kier alpha value is -1.92. The van der Waals surface area contributed by atoms with Crippen LogP contribution in [-0.2, 0) is 14.2 Å². The van der Waals surface area contributed by atoms with Crippen LogP contribution in [0.15, 0.2) is 24.3 Å². The fraction of sp³-hybridized carbons (Fsp3) is 0.429. The lowest BCUT2D eigenvalue weighted by Gasteiger charge is -2.07. The summed E-state index contributed by atoms with van der Waals surface area (Å²) in [4.78, 5) is 22.7. The number of rotatable bonds is 9. The van der Waals surface area contributed by atoms with Crippen molar-refractivity contribution in [3.05, 3.63) is 35.4 Å². The third kappa shape index (κ3) is 5.38. The quantitative estimate of drug-likeness (QED) is 0.547. The van der Waals surface area contributed by atoms with Gasteiger partial charge in [0.1, 0.15) is 6.61 Å². The van der Waals surface area contributed by atoms with Gasteiger partial charge in [-0.2, -0.15) is 0 Å². The normalized spacial score (nSPS) is 10.2. The number of ether oxygens (including phenoxy) is 3. The van der Waals surface area contributed by atoms with E-state index in [1.165, 1.54) is 12.1 Å². The summed E-state index contributed by atoms with van der Waals surface area (Å²) in [5, 5.41) is 8.96. The van der Waals surface area contributed by atoms with Gasteiger partial charge in [0, 0.05) is 6.61 Å². The van der Waals surface area contributed by atoms with Crippen LogP contribution >= 0.6 is 0 Å². The molecule has 1 N–H and O–H groups in total. The predicted molar refractivity (Wildman–Crippen MR) is 71.0 cm³/mol. The summed E-state index contributed by atoms with van der Waals surface area (Å²) >= 11 is 0. The van der Waals surface area contributed by atoms with Gasteiger partial charge in [-0.25, -0.2) is 9.59 Å². The van der Waals surface area contributed by atoms with Crippen molar-refractivity contribution >= 4 is 11.9 Å². The first-order valence-electron chi connectivity index (χ1n) is 6.31. The van der Waals surface area contributed by atoms with Crippen LogP contribution in [0.25, 0.3) is 0 Å². The first-order valence-corrected chi connectivity index (χ1v) is 6.31. The van der Waals surface area contributed by atoms with Gasteiger partial charge < -0.3 is 19.3 Å². The van der Waals surface area contributed by atoms with E-state index in [4.69, 9.17) is 19.3 Å². The van der Waals surface area contributed by atoms with Crippen LogP contribution in [0.2, 0.25) is 0 Å². The summed E-state index contributed by atoms with van der Waals surface area (Å²) in [7, 11) is 0. The van der Waals surface area contributed by atoms with E-state index in [1.54, 1.807) is 12.1 Å². The molecule has 0 saturated heterocycles. The number of carboxylic acids is 1. The zero-order valence-corrected chi connectivity index (χ0v) is 11.3. The minimum absolute atomic E-state index is 0.0364. The van der Waals surface area contributed by atoms with Crippen LogP contribution < -0.4 is 0 Å². The lowest BCUT2D eigenvalue weighted by molar-refractivity contribution is 0.0162. The van der Waals surface area contributed by atoms with Crippen molar-refractivity contribution in [2.75, 3.05) is 33.0 Å². The molecule has 0 atom stereocenters. The van der Waals surface area contributed by atoms with Gasteiger partial charge in [0.15, 0.2) is 0 Å². The standard InChI is InChI=1S/C14H18O6/c1-2-18-7-8-19-9-10-20-14(17)12-6-4-3-5-11(12)13(15)16/h3-6H,2,7-10H2,1H3,(H,15,16). The summed E-state index contributed by atoms with van der Waals surface area (Å²) in [6.45, 7) is 3.75. The maximum atomic E-state index is 11.7. The average Bonchev–Trinajstić information content (AvgIpc) is 2.46. The maximum Gasteiger partial charge on any atom is 0.339 e. The van der Waals surface area contributed by atoms with E-state index in [-0.39, 0.29) is 24.3 Å².